The van der Waals surface area contributed by atoms with Gasteiger partial charge in [0.15, 0.2) is 0 Å². The van der Waals surface area contributed by atoms with Crippen molar-refractivity contribution in [1.82, 2.24) is 4.98 Å². The van der Waals surface area contributed by atoms with Crippen LogP contribution in [0.3, 0.4) is 0 Å². The Balaban J connectivity index is 2.41. The van der Waals surface area contributed by atoms with E-state index >= 15 is 0 Å². The molecule has 1 aromatic heterocycles. The fourth-order valence-electron chi connectivity index (χ4n) is 1.76. The van der Waals surface area contributed by atoms with Gasteiger partial charge in [-0.3, -0.25) is 4.79 Å². The molecular formula is C13H16N2O2S. The summed E-state index contributed by atoms with van der Waals surface area (Å²) in [6, 6.07) is 4.96. The first-order valence-corrected chi connectivity index (χ1v) is 6.67. The van der Waals surface area contributed by atoms with Crippen molar-refractivity contribution in [3.05, 3.63) is 28.8 Å². The normalized spacial score (nSPS) is 13.1. The number of rotatable bonds is 4. The van der Waals surface area contributed by atoms with Crippen molar-refractivity contribution in [3.8, 4) is 0 Å². The van der Waals surface area contributed by atoms with Gasteiger partial charge in [0.05, 0.1) is 15.2 Å². The van der Waals surface area contributed by atoms with Crippen LogP contribution >= 0.6 is 11.3 Å². The maximum atomic E-state index is 10.8. The molecule has 1 atom stereocenters. The van der Waals surface area contributed by atoms with Crippen LogP contribution in [0.5, 0.6) is 0 Å². The number of thiazole rings is 1. The van der Waals surface area contributed by atoms with Crippen molar-refractivity contribution >= 4 is 27.5 Å². The summed E-state index contributed by atoms with van der Waals surface area (Å²) in [5.41, 5.74) is 7.38. The third kappa shape index (κ3) is 2.52. The molecule has 0 aliphatic rings. The first-order chi connectivity index (χ1) is 8.49. The van der Waals surface area contributed by atoms with E-state index in [2.05, 4.69) is 18.8 Å². The quantitative estimate of drug-likeness (QED) is 0.889. The zero-order valence-electron chi connectivity index (χ0n) is 10.4. The van der Waals surface area contributed by atoms with E-state index in [-0.39, 0.29) is 0 Å². The maximum Gasteiger partial charge on any atom is 0.320 e. The molecule has 0 aliphatic carbocycles. The van der Waals surface area contributed by atoms with E-state index < -0.39 is 12.0 Å². The summed E-state index contributed by atoms with van der Waals surface area (Å²) in [5.74, 6) is -0.602. The van der Waals surface area contributed by atoms with Gasteiger partial charge in [0.1, 0.15) is 6.04 Å². The molecule has 0 spiro atoms. The summed E-state index contributed by atoms with van der Waals surface area (Å²) in [4.78, 5) is 15.4. The Labute approximate surface area is 109 Å². The summed E-state index contributed by atoms with van der Waals surface area (Å²) < 4.78 is 1.09. The number of nitrogens with zero attached hydrogens (tertiary/aromatic N) is 1. The molecule has 96 valence electrons. The number of hydrogen-bond donors (Lipinski definition) is 2. The molecule has 2 rings (SSSR count). The van der Waals surface area contributed by atoms with Crippen LogP contribution in [-0.4, -0.2) is 22.1 Å². The van der Waals surface area contributed by atoms with Crippen molar-refractivity contribution in [2.45, 2.75) is 32.2 Å². The number of carbonyl (C=O) groups is 1. The Kier molecular flexibility index (Phi) is 3.63. The lowest BCUT2D eigenvalue weighted by Crippen LogP contribution is -2.32. The Hall–Kier alpha value is -1.46. The standard InChI is InChI=1S/C13H16N2O2S/c1-7(2)12-15-11-8(6-9(14)13(16)17)4-3-5-10(11)18-12/h3-5,7,9H,6,14H2,1-2H3,(H,16,17). The average molecular weight is 264 g/mol. The van der Waals surface area contributed by atoms with E-state index in [1.54, 1.807) is 11.3 Å². The summed E-state index contributed by atoms with van der Waals surface area (Å²) >= 11 is 1.66. The van der Waals surface area contributed by atoms with Crippen LogP contribution in [0.25, 0.3) is 10.2 Å². The molecule has 1 unspecified atom stereocenters. The highest BCUT2D eigenvalue weighted by Gasteiger charge is 2.16. The third-order valence-electron chi connectivity index (χ3n) is 2.77. The molecule has 2 aromatic rings. The molecule has 3 N–H and O–H groups in total. The van der Waals surface area contributed by atoms with Gasteiger partial charge in [0.2, 0.25) is 0 Å². The van der Waals surface area contributed by atoms with Gasteiger partial charge < -0.3 is 10.8 Å². The van der Waals surface area contributed by atoms with Crippen LogP contribution in [0.4, 0.5) is 0 Å². The second-order valence-corrected chi connectivity index (χ2v) is 5.68. The topological polar surface area (TPSA) is 76.2 Å². The number of para-hydroxylation sites is 1. The lowest BCUT2D eigenvalue weighted by atomic mass is 10.1. The number of benzene rings is 1. The van der Waals surface area contributed by atoms with E-state index in [0.717, 1.165) is 20.8 Å². The van der Waals surface area contributed by atoms with Gasteiger partial charge >= 0.3 is 5.97 Å². The summed E-state index contributed by atoms with van der Waals surface area (Å²) in [6.07, 6.45) is 0.313. The van der Waals surface area contributed by atoms with Crippen molar-refractivity contribution in [1.29, 1.82) is 0 Å². The van der Waals surface area contributed by atoms with Crippen LogP contribution in [0.2, 0.25) is 0 Å². The van der Waals surface area contributed by atoms with Crippen LogP contribution in [0.15, 0.2) is 18.2 Å². The minimum atomic E-state index is -0.980. The zero-order chi connectivity index (χ0) is 13.3. The maximum absolute atomic E-state index is 10.8. The molecule has 0 amide bonds. The van der Waals surface area contributed by atoms with Gasteiger partial charge in [-0.15, -0.1) is 11.3 Å². The number of fused-ring (bicyclic) bond motifs is 1. The first-order valence-electron chi connectivity index (χ1n) is 5.85. The number of hydrogen-bond acceptors (Lipinski definition) is 4. The summed E-state index contributed by atoms with van der Waals surface area (Å²) in [7, 11) is 0. The molecule has 4 nitrogen and oxygen atoms in total. The van der Waals surface area contributed by atoms with Crippen molar-refractivity contribution in [2.24, 2.45) is 5.73 Å². The molecule has 0 aliphatic heterocycles. The highest BCUT2D eigenvalue weighted by molar-refractivity contribution is 7.18. The molecule has 0 saturated heterocycles. The molecule has 5 heteroatoms. The number of carboxylic acid groups (broad SMARTS) is 1. The van der Waals surface area contributed by atoms with Crippen LogP contribution in [0.1, 0.15) is 30.3 Å². The van der Waals surface area contributed by atoms with Crippen LogP contribution in [-0.2, 0) is 11.2 Å². The van der Waals surface area contributed by atoms with Gasteiger partial charge in [-0.05, 0) is 11.6 Å². The minimum absolute atomic E-state index is 0.313. The Bertz CT molecular complexity index is 577. The molecule has 0 radical (unpaired) electrons. The van der Waals surface area contributed by atoms with E-state index in [1.807, 2.05) is 18.2 Å². The van der Waals surface area contributed by atoms with Crippen molar-refractivity contribution < 1.29 is 9.90 Å². The average Bonchev–Trinajstić information content (AvgIpc) is 2.73. The fourth-order valence-corrected chi connectivity index (χ4v) is 2.78. The lowest BCUT2D eigenvalue weighted by molar-refractivity contribution is -0.138. The van der Waals surface area contributed by atoms with Gasteiger partial charge in [0.25, 0.3) is 0 Å². The molecule has 1 aromatic carbocycles. The van der Waals surface area contributed by atoms with E-state index in [9.17, 15) is 4.79 Å². The van der Waals surface area contributed by atoms with Crippen molar-refractivity contribution in [2.75, 3.05) is 0 Å². The number of nitrogens with two attached hydrogens (primary N) is 1. The number of aromatic nitrogens is 1. The van der Waals surface area contributed by atoms with Crippen LogP contribution < -0.4 is 5.73 Å². The molecule has 0 fully saturated rings. The molecule has 0 bridgehead atoms. The van der Waals surface area contributed by atoms with Gasteiger partial charge in [-0.2, -0.15) is 0 Å². The highest BCUT2D eigenvalue weighted by atomic mass is 32.1. The molecule has 18 heavy (non-hydrogen) atoms. The van der Waals surface area contributed by atoms with Crippen molar-refractivity contribution in [3.63, 3.8) is 0 Å². The van der Waals surface area contributed by atoms with E-state index in [1.165, 1.54) is 0 Å². The number of aliphatic carboxylic acids is 1. The zero-order valence-corrected chi connectivity index (χ0v) is 11.2. The predicted octanol–water partition coefficient (Wildman–Crippen LogP) is 2.37. The highest BCUT2D eigenvalue weighted by Crippen LogP contribution is 2.29. The Morgan fingerprint density at radius 1 is 1.50 bits per heavy atom. The third-order valence-corrected chi connectivity index (χ3v) is 4.09. The van der Waals surface area contributed by atoms with Crippen LogP contribution in [0, 0.1) is 0 Å². The Morgan fingerprint density at radius 2 is 2.22 bits per heavy atom. The minimum Gasteiger partial charge on any atom is -0.480 e. The largest absolute Gasteiger partial charge is 0.480 e. The SMILES string of the molecule is CC(C)c1nc2c(CC(N)C(=O)O)cccc2s1. The fraction of sp³-hybridized carbons (Fsp3) is 0.385. The first kappa shape index (κ1) is 13.0. The van der Waals surface area contributed by atoms with E-state index in [0.29, 0.717) is 12.3 Å². The summed E-state index contributed by atoms with van der Waals surface area (Å²) in [5, 5.41) is 9.94. The predicted molar refractivity (Wildman–Crippen MR) is 73.0 cm³/mol. The molecule has 1 heterocycles. The summed E-state index contributed by atoms with van der Waals surface area (Å²) in [6.45, 7) is 4.20. The lowest BCUT2D eigenvalue weighted by Gasteiger charge is -2.06. The molecule has 0 saturated carbocycles. The van der Waals surface area contributed by atoms with Gasteiger partial charge in [-0.25, -0.2) is 4.98 Å². The van der Waals surface area contributed by atoms with Gasteiger partial charge in [0, 0.05) is 12.3 Å². The van der Waals surface area contributed by atoms with E-state index in [4.69, 9.17) is 10.8 Å². The monoisotopic (exact) mass is 264 g/mol. The smallest absolute Gasteiger partial charge is 0.320 e. The molecular weight excluding hydrogens is 248 g/mol. The number of carboxylic acids is 1. The second-order valence-electron chi connectivity index (χ2n) is 4.62. The van der Waals surface area contributed by atoms with Gasteiger partial charge in [-0.1, -0.05) is 26.0 Å². The second kappa shape index (κ2) is 5.04. The Morgan fingerprint density at radius 3 is 2.83 bits per heavy atom.